The van der Waals surface area contributed by atoms with E-state index in [9.17, 15) is 0 Å². The van der Waals surface area contributed by atoms with Crippen molar-refractivity contribution in [2.45, 2.75) is 17.1 Å². The molecule has 3 aromatic rings. The third kappa shape index (κ3) is 2.36. The van der Waals surface area contributed by atoms with Gasteiger partial charge in [-0.05, 0) is 36.4 Å². The van der Waals surface area contributed by atoms with Gasteiger partial charge in [0.2, 0.25) is 0 Å². The van der Waals surface area contributed by atoms with E-state index >= 15 is 0 Å². The van der Waals surface area contributed by atoms with Crippen LogP contribution in [0, 0.1) is 6.92 Å². The second-order valence-corrected chi connectivity index (χ2v) is 5.38. The highest BCUT2D eigenvalue weighted by Gasteiger charge is 2.11. The largest absolute Gasteiger partial charge is 0.394 e. The number of rotatable bonds is 2. The summed E-state index contributed by atoms with van der Waals surface area (Å²) in [6, 6.07) is 6.04. The number of hydrogen-bond donors (Lipinski definition) is 2. The van der Waals surface area contributed by atoms with Crippen LogP contribution in [0.5, 0.6) is 0 Å². The van der Waals surface area contributed by atoms with Crippen LogP contribution in [0.1, 0.15) is 5.56 Å². The van der Waals surface area contributed by atoms with Crippen LogP contribution in [0.15, 0.2) is 34.7 Å². The zero-order valence-corrected chi connectivity index (χ0v) is 11.6. The van der Waals surface area contributed by atoms with E-state index in [0.29, 0.717) is 10.7 Å². The van der Waals surface area contributed by atoms with Crippen LogP contribution in [0.3, 0.4) is 0 Å². The quantitative estimate of drug-likeness (QED) is 0.709. The normalized spacial score (nSPS) is 11.1. The van der Waals surface area contributed by atoms with E-state index in [4.69, 9.17) is 17.3 Å². The van der Waals surface area contributed by atoms with Gasteiger partial charge in [-0.15, -0.1) is 0 Å². The molecule has 0 bridgehead atoms. The number of fused-ring (bicyclic) bond motifs is 1. The van der Waals surface area contributed by atoms with E-state index < -0.39 is 0 Å². The molecule has 0 aliphatic carbocycles. The summed E-state index contributed by atoms with van der Waals surface area (Å²) in [6.07, 6.45) is 1.38. The Balaban J connectivity index is 1.99. The van der Waals surface area contributed by atoms with Gasteiger partial charge >= 0.3 is 0 Å². The molecule has 2 heterocycles. The van der Waals surface area contributed by atoms with Crippen LogP contribution in [-0.4, -0.2) is 19.9 Å². The van der Waals surface area contributed by atoms with Crippen LogP contribution < -0.4 is 5.73 Å². The number of nitrogens with one attached hydrogen (secondary N) is 1. The molecule has 0 amide bonds. The maximum atomic E-state index is 5.86. The van der Waals surface area contributed by atoms with Gasteiger partial charge in [0.15, 0.2) is 10.3 Å². The van der Waals surface area contributed by atoms with Crippen LogP contribution in [0.25, 0.3) is 11.0 Å². The van der Waals surface area contributed by atoms with E-state index in [1.807, 2.05) is 25.1 Å². The first kappa shape index (κ1) is 12.3. The molecule has 0 aliphatic heterocycles. The van der Waals surface area contributed by atoms with Gasteiger partial charge in [0.1, 0.15) is 17.0 Å². The van der Waals surface area contributed by atoms with Crippen molar-refractivity contribution in [3.8, 4) is 0 Å². The zero-order chi connectivity index (χ0) is 13.4. The average molecular weight is 292 g/mol. The molecule has 0 fully saturated rings. The third-order valence-corrected chi connectivity index (χ3v) is 3.81. The Morgan fingerprint density at radius 1 is 1.32 bits per heavy atom. The topological polar surface area (TPSA) is 80.5 Å². The lowest BCUT2D eigenvalue weighted by atomic mass is 10.2. The molecule has 0 saturated heterocycles. The first-order valence-corrected chi connectivity index (χ1v) is 6.73. The lowest BCUT2D eigenvalue weighted by Gasteiger charge is -2.01. The fraction of sp³-hybridized carbons (Fsp3) is 0.0833. The van der Waals surface area contributed by atoms with Crippen molar-refractivity contribution < 1.29 is 0 Å². The van der Waals surface area contributed by atoms with E-state index in [0.717, 1.165) is 16.2 Å². The van der Waals surface area contributed by atoms with Gasteiger partial charge in [-0.2, -0.15) is 0 Å². The number of nitrogen functional groups attached to an aromatic ring is 1. The van der Waals surface area contributed by atoms with Crippen molar-refractivity contribution in [2.75, 3.05) is 5.73 Å². The molecular weight excluding hydrogens is 282 g/mol. The Morgan fingerprint density at radius 2 is 2.16 bits per heavy atom. The standard InChI is InChI=1S/C12H10ClN5S/c1-6-2-3-7-8(4-6)18-12(17-7)19-11-9(14)10(13)15-5-16-11/h2-5H,14H2,1H3,(H,17,18). The van der Waals surface area contributed by atoms with Gasteiger partial charge in [0, 0.05) is 0 Å². The second kappa shape index (κ2) is 4.71. The number of imidazole rings is 1. The fourth-order valence-corrected chi connectivity index (χ4v) is 2.66. The van der Waals surface area contributed by atoms with Crippen molar-refractivity contribution in [1.82, 2.24) is 19.9 Å². The second-order valence-electron chi connectivity index (χ2n) is 4.05. The predicted octanol–water partition coefficient (Wildman–Crippen LogP) is 3.05. The Kier molecular flexibility index (Phi) is 3.04. The van der Waals surface area contributed by atoms with Crippen molar-refractivity contribution in [3.63, 3.8) is 0 Å². The molecule has 0 spiro atoms. The van der Waals surface area contributed by atoms with Crippen LogP contribution in [0.2, 0.25) is 5.15 Å². The molecule has 2 aromatic heterocycles. The Morgan fingerprint density at radius 3 is 3.00 bits per heavy atom. The number of aromatic amines is 1. The molecule has 0 saturated carbocycles. The number of halogens is 1. The minimum Gasteiger partial charge on any atom is -0.394 e. The van der Waals surface area contributed by atoms with E-state index in [1.54, 1.807) is 0 Å². The molecule has 0 aliphatic rings. The Hall–Kier alpha value is -1.79. The van der Waals surface area contributed by atoms with Gasteiger partial charge in [-0.1, -0.05) is 17.7 Å². The van der Waals surface area contributed by atoms with Gasteiger partial charge in [-0.3, -0.25) is 0 Å². The minimum atomic E-state index is 0.254. The van der Waals surface area contributed by atoms with Crippen molar-refractivity contribution >= 4 is 40.1 Å². The lowest BCUT2D eigenvalue weighted by molar-refractivity contribution is 1.03. The number of aryl methyl sites for hydroxylation is 1. The first-order chi connectivity index (χ1) is 9.13. The predicted molar refractivity (Wildman–Crippen MR) is 76.4 cm³/mol. The van der Waals surface area contributed by atoms with Gasteiger partial charge < -0.3 is 10.7 Å². The van der Waals surface area contributed by atoms with E-state index in [-0.39, 0.29) is 5.15 Å². The average Bonchev–Trinajstić information content (AvgIpc) is 2.76. The van der Waals surface area contributed by atoms with E-state index in [2.05, 4.69) is 19.9 Å². The summed E-state index contributed by atoms with van der Waals surface area (Å²) in [7, 11) is 0. The number of benzene rings is 1. The summed E-state index contributed by atoms with van der Waals surface area (Å²) < 4.78 is 0. The molecule has 19 heavy (non-hydrogen) atoms. The van der Waals surface area contributed by atoms with Gasteiger partial charge in [0.05, 0.1) is 11.0 Å². The summed E-state index contributed by atoms with van der Waals surface area (Å²) in [6.45, 7) is 2.04. The summed E-state index contributed by atoms with van der Waals surface area (Å²) in [5, 5.41) is 1.57. The fourth-order valence-electron chi connectivity index (χ4n) is 1.68. The number of aromatic nitrogens is 4. The molecule has 3 rings (SSSR count). The third-order valence-electron chi connectivity index (χ3n) is 2.61. The number of nitrogens with zero attached hydrogens (tertiary/aromatic N) is 3. The molecule has 1 aromatic carbocycles. The molecule has 7 heteroatoms. The molecule has 0 atom stereocenters. The maximum absolute atomic E-state index is 5.86. The molecule has 3 N–H and O–H groups in total. The number of anilines is 1. The first-order valence-electron chi connectivity index (χ1n) is 5.53. The molecule has 0 unspecified atom stereocenters. The van der Waals surface area contributed by atoms with E-state index in [1.165, 1.54) is 23.7 Å². The number of hydrogen-bond acceptors (Lipinski definition) is 5. The Labute approximate surface area is 118 Å². The molecule has 0 radical (unpaired) electrons. The number of H-pyrrole nitrogens is 1. The monoisotopic (exact) mass is 291 g/mol. The van der Waals surface area contributed by atoms with Crippen molar-refractivity contribution in [1.29, 1.82) is 0 Å². The van der Waals surface area contributed by atoms with Crippen LogP contribution in [-0.2, 0) is 0 Å². The smallest absolute Gasteiger partial charge is 0.172 e. The highest BCUT2D eigenvalue weighted by Crippen LogP contribution is 2.32. The van der Waals surface area contributed by atoms with Crippen molar-refractivity contribution in [2.24, 2.45) is 0 Å². The maximum Gasteiger partial charge on any atom is 0.172 e. The number of nitrogens with two attached hydrogens (primary N) is 1. The van der Waals surface area contributed by atoms with Gasteiger partial charge in [-0.25, -0.2) is 15.0 Å². The van der Waals surface area contributed by atoms with Crippen LogP contribution in [0.4, 0.5) is 5.69 Å². The van der Waals surface area contributed by atoms with Crippen molar-refractivity contribution in [3.05, 3.63) is 35.2 Å². The molecule has 5 nitrogen and oxygen atoms in total. The summed E-state index contributed by atoms with van der Waals surface area (Å²) in [5.41, 5.74) is 9.27. The summed E-state index contributed by atoms with van der Waals surface area (Å²) >= 11 is 7.19. The summed E-state index contributed by atoms with van der Waals surface area (Å²) in [5.74, 6) is 0. The van der Waals surface area contributed by atoms with Gasteiger partial charge in [0.25, 0.3) is 0 Å². The molecule has 96 valence electrons. The highest BCUT2D eigenvalue weighted by atomic mass is 35.5. The Bertz CT molecular complexity index is 755. The zero-order valence-electron chi connectivity index (χ0n) is 10.0. The minimum absolute atomic E-state index is 0.254. The van der Waals surface area contributed by atoms with Crippen LogP contribution >= 0.6 is 23.4 Å². The lowest BCUT2D eigenvalue weighted by Crippen LogP contribution is -1.95. The highest BCUT2D eigenvalue weighted by molar-refractivity contribution is 7.99. The summed E-state index contributed by atoms with van der Waals surface area (Å²) in [4.78, 5) is 15.6. The molecular formula is C12H10ClN5S. The SMILES string of the molecule is Cc1ccc2nc(Sc3ncnc(Cl)c3N)[nH]c2c1.